The molecule has 11 aromatic rings. The second-order valence-electron chi connectivity index (χ2n) is 15.7. The summed E-state index contributed by atoms with van der Waals surface area (Å²) in [5.41, 5.74) is 14.8. The molecule has 12 rings (SSSR count). The predicted octanol–water partition coefficient (Wildman–Crippen LogP) is 16.5. The SMILES string of the molecule is c1ccc(-c2ccc(N(c3ccc4ccccc4c3)c3ccc4sc5cc(N(c6ccccc6)c6cc7c(c8ccccc68)-c6ccccc6C7)ccc5c4c3)cc2)cc1. The van der Waals surface area contributed by atoms with Crippen LogP contribution < -0.4 is 9.80 Å². The Bertz CT molecular complexity index is 3400. The van der Waals surface area contributed by atoms with Crippen molar-refractivity contribution in [2.45, 2.75) is 6.42 Å². The Morgan fingerprint density at radius 1 is 0.333 bits per heavy atom. The molecule has 0 aliphatic heterocycles. The molecule has 1 aromatic heterocycles. The van der Waals surface area contributed by atoms with Crippen molar-refractivity contribution in [3.63, 3.8) is 0 Å². The third-order valence-electron chi connectivity index (χ3n) is 12.2. The van der Waals surface area contributed by atoms with E-state index in [0.717, 1.165) is 34.9 Å². The predicted molar refractivity (Wildman–Crippen MR) is 257 cm³/mol. The van der Waals surface area contributed by atoms with Crippen molar-refractivity contribution >= 4 is 87.2 Å². The zero-order chi connectivity index (χ0) is 39.6. The summed E-state index contributed by atoms with van der Waals surface area (Å²) in [5, 5.41) is 7.54. The molecule has 60 heavy (non-hydrogen) atoms. The van der Waals surface area contributed by atoms with E-state index in [1.165, 1.54) is 80.8 Å². The maximum absolute atomic E-state index is 2.46. The molecular weight excluding hydrogens is 745 g/mol. The number of hydrogen-bond acceptors (Lipinski definition) is 3. The fraction of sp³-hybridized carbons (Fsp3) is 0.0175. The lowest BCUT2D eigenvalue weighted by Gasteiger charge is -2.28. The van der Waals surface area contributed by atoms with Crippen LogP contribution in [0.1, 0.15) is 11.1 Å². The molecule has 0 amide bonds. The lowest BCUT2D eigenvalue weighted by molar-refractivity contribution is 1.24. The highest BCUT2D eigenvalue weighted by Gasteiger charge is 2.25. The topological polar surface area (TPSA) is 6.48 Å². The highest BCUT2D eigenvalue weighted by atomic mass is 32.1. The van der Waals surface area contributed by atoms with Crippen LogP contribution in [0.4, 0.5) is 34.1 Å². The first kappa shape index (κ1) is 34.6. The van der Waals surface area contributed by atoms with E-state index in [9.17, 15) is 0 Å². The lowest BCUT2D eigenvalue weighted by atomic mass is 9.95. The quantitative estimate of drug-likeness (QED) is 0.159. The van der Waals surface area contributed by atoms with Gasteiger partial charge in [-0.2, -0.15) is 0 Å². The third kappa shape index (κ3) is 5.78. The normalized spacial score (nSPS) is 11.9. The van der Waals surface area contributed by atoms with E-state index in [1.807, 2.05) is 11.3 Å². The van der Waals surface area contributed by atoms with Crippen LogP contribution in [0.5, 0.6) is 0 Å². The highest BCUT2D eigenvalue weighted by molar-refractivity contribution is 7.25. The number of benzene rings is 10. The number of nitrogens with zero attached hydrogens (tertiary/aromatic N) is 2. The van der Waals surface area contributed by atoms with Gasteiger partial charge in [-0.1, -0.05) is 146 Å². The van der Waals surface area contributed by atoms with Gasteiger partial charge in [0.05, 0.1) is 5.69 Å². The second kappa shape index (κ2) is 14.1. The van der Waals surface area contributed by atoms with Crippen LogP contribution in [-0.2, 0) is 6.42 Å². The molecule has 1 heterocycles. The van der Waals surface area contributed by atoms with Crippen molar-refractivity contribution in [3.8, 4) is 22.3 Å². The van der Waals surface area contributed by atoms with Gasteiger partial charge in [0.15, 0.2) is 0 Å². The van der Waals surface area contributed by atoms with Gasteiger partial charge in [0.1, 0.15) is 0 Å². The van der Waals surface area contributed by atoms with E-state index < -0.39 is 0 Å². The van der Waals surface area contributed by atoms with Crippen LogP contribution in [0.25, 0.3) is 64.0 Å². The summed E-state index contributed by atoms with van der Waals surface area (Å²) in [6, 6.07) is 80.1. The first-order valence-corrected chi connectivity index (χ1v) is 21.4. The molecule has 0 unspecified atom stereocenters. The molecule has 0 saturated carbocycles. The molecule has 0 N–H and O–H groups in total. The van der Waals surface area contributed by atoms with Gasteiger partial charge in [0.25, 0.3) is 0 Å². The minimum atomic E-state index is 0.942. The fourth-order valence-electron chi connectivity index (χ4n) is 9.41. The maximum atomic E-state index is 2.46. The second-order valence-corrected chi connectivity index (χ2v) is 16.8. The van der Waals surface area contributed by atoms with Crippen LogP contribution in [-0.4, -0.2) is 0 Å². The van der Waals surface area contributed by atoms with E-state index in [1.54, 1.807) is 0 Å². The van der Waals surface area contributed by atoms with E-state index >= 15 is 0 Å². The third-order valence-corrected chi connectivity index (χ3v) is 13.3. The summed E-state index contributed by atoms with van der Waals surface area (Å²) >= 11 is 1.87. The van der Waals surface area contributed by atoms with Crippen LogP contribution in [0.2, 0.25) is 0 Å². The summed E-state index contributed by atoms with van der Waals surface area (Å²) in [5.74, 6) is 0. The molecule has 0 bridgehead atoms. The van der Waals surface area contributed by atoms with Crippen LogP contribution in [0, 0.1) is 0 Å². The van der Waals surface area contributed by atoms with Gasteiger partial charge in [0.2, 0.25) is 0 Å². The Morgan fingerprint density at radius 3 is 1.80 bits per heavy atom. The number of anilines is 6. The number of para-hydroxylation sites is 1. The van der Waals surface area contributed by atoms with Gasteiger partial charge >= 0.3 is 0 Å². The zero-order valence-electron chi connectivity index (χ0n) is 32.8. The van der Waals surface area contributed by atoms with Gasteiger partial charge < -0.3 is 9.80 Å². The average molecular weight is 783 g/mol. The Balaban J connectivity index is 0.994. The number of rotatable bonds is 7. The Labute approximate surface area is 353 Å². The van der Waals surface area contributed by atoms with Crippen LogP contribution in [0.15, 0.2) is 218 Å². The van der Waals surface area contributed by atoms with Gasteiger partial charge in [-0.25, -0.2) is 0 Å². The Hall–Kier alpha value is -7.46. The summed E-state index contributed by atoms with van der Waals surface area (Å²) in [6.07, 6.45) is 0.942. The van der Waals surface area contributed by atoms with E-state index in [2.05, 4.69) is 228 Å². The molecule has 0 saturated heterocycles. The molecule has 10 aromatic carbocycles. The van der Waals surface area contributed by atoms with Crippen molar-refractivity contribution in [2.24, 2.45) is 0 Å². The van der Waals surface area contributed by atoms with Crippen molar-refractivity contribution in [1.29, 1.82) is 0 Å². The van der Waals surface area contributed by atoms with Crippen molar-refractivity contribution in [1.82, 2.24) is 0 Å². The van der Waals surface area contributed by atoms with E-state index in [-0.39, 0.29) is 0 Å². The molecule has 0 spiro atoms. The molecule has 0 atom stereocenters. The summed E-state index contributed by atoms with van der Waals surface area (Å²) in [4.78, 5) is 4.86. The first-order chi connectivity index (χ1) is 29.7. The summed E-state index contributed by atoms with van der Waals surface area (Å²) in [7, 11) is 0. The van der Waals surface area contributed by atoms with Gasteiger partial charge in [0, 0.05) is 54.0 Å². The minimum absolute atomic E-state index is 0.942. The van der Waals surface area contributed by atoms with Crippen molar-refractivity contribution < 1.29 is 0 Å². The monoisotopic (exact) mass is 782 g/mol. The van der Waals surface area contributed by atoms with Crippen molar-refractivity contribution in [3.05, 3.63) is 230 Å². The molecule has 1 aliphatic rings. The lowest BCUT2D eigenvalue weighted by Crippen LogP contribution is -2.11. The average Bonchev–Trinajstić information content (AvgIpc) is 3.88. The van der Waals surface area contributed by atoms with Gasteiger partial charge in [-0.3, -0.25) is 0 Å². The number of fused-ring (bicyclic) bond motifs is 9. The smallest absolute Gasteiger partial charge is 0.0543 e. The molecule has 0 radical (unpaired) electrons. The van der Waals surface area contributed by atoms with E-state index in [0.29, 0.717) is 0 Å². The molecule has 3 heteroatoms. The summed E-state index contributed by atoms with van der Waals surface area (Å²) < 4.78 is 2.54. The van der Waals surface area contributed by atoms with Crippen LogP contribution >= 0.6 is 11.3 Å². The molecule has 1 aliphatic carbocycles. The largest absolute Gasteiger partial charge is 0.310 e. The van der Waals surface area contributed by atoms with Crippen molar-refractivity contribution in [2.75, 3.05) is 9.80 Å². The number of thiophene rings is 1. The van der Waals surface area contributed by atoms with E-state index in [4.69, 9.17) is 0 Å². The molecule has 282 valence electrons. The highest BCUT2D eigenvalue weighted by Crippen LogP contribution is 2.49. The standard InChI is InChI=1S/C57H38N2S/c1-3-13-38(14-4-1)40-23-26-45(27-24-40)58(46-28-25-39-15-7-8-16-41(39)34-46)47-30-32-55-53(36-47)51-31-29-48(37-56(51)60-55)59(44-18-5-2-6-19-44)54-35-43-33-42-17-9-10-20-49(42)57(43)52-22-12-11-21-50(52)54/h1-32,34-37H,33H2. The summed E-state index contributed by atoms with van der Waals surface area (Å²) in [6.45, 7) is 0. The van der Waals surface area contributed by atoms with Crippen LogP contribution in [0.3, 0.4) is 0 Å². The molecule has 0 fully saturated rings. The van der Waals surface area contributed by atoms with Gasteiger partial charge in [-0.15, -0.1) is 11.3 Å². The minimum Gasteiger partial charge on any atom is -0.310 e. The molecule has 2 nitrogen and oxygen atoms in total. The number of hydrogen-bond donors (Lipinski definition) is 0. The Kier molecular flexibility index (Phi) is 8.14. The zero-order valence-corrected chi connectivity index (χ0v) is 33.6. The maximum Gasteiger partial charge on any atom is 0.0543 e. The molecular formula is C57H38N2S. The van der Waals surface area contributed by atoms with Gasteiger partial charge in [-0.05, 0) is 129 Å². The first-order valence-electron chi connectivity index (χ1n) is 20.6. The fourth-order valence-corrected chi connectivity index (χ4v) is 10.5. The Morgan fingerprint density at radius 2 is 0.950 bits per heavy atom.